The van der Waals surface area contributed by atoms with Crippen LogP contribution in [0.15, 0.2) is 78.9 Å². The summed E-state index contributed by atoms with van der Waals surface area (Å²) in [4.78, 5) is 28.7. The molecule has 0 unspecified atom stereocenters. The second-order valence-electron chi connectivity index (χ2n) is 9.00. The summed E-state index contributed by atoms with van der Waals surface area (Å²) >= 11 is 7.64. The van der Waals surface area contributed by atoms with Gasteiger partial charge in [-0.3, -0.25) is 9.59 Å². The van der Waals surface area contributed by atoms with E-state index < -0.39 is 6.04 Å². The Morgan fingerprint density at radius 1 is 0.914 bits per heavy atom. The summed E-state index contributed by atoms with van der Waals surface area (Å²) < 4.78 is 0. The number of hydrogen-bond donors (Lipinski definition) is 1. The molecule has 1 N–H and O–H groups in total. The molecule has 0 bridgehead atoms. The van der Waals surface area contributed by atoms with Gasteiger partial charge in [0, 0.05) is 29.8 Å². The van der Waals surface area contributed by atoms with E-state index in [9.17, 15) is 9.59 Å². The number of nitrogens with one attached hydrogen (secondary N) is 1. The van der Waals surface area contributed by atoms with E-state index in [4.69, 9.17) is 11.6 Å². The molecule has 0 aliphatic carbocycles. The predicted molar refractivity (Wildman–Crippen MR) is 147 cm³/mol. The summed E-state index contributed by atoms with van der Waals surface area (Å²) in [6.45, 7) is 6.28. The van der Waals surface area contributed by atoms with Crippen LogP contribution in [0.4, 0.5) is 0 Å². The van der Waals surface area contributed by atoms with Gasteiger partial charge in [-0.1, -0.05) is 83.9 Å². The number of carbonyl (C=O) groups excluding carboxylic acids is 2. The van der Waals surface area contributed by atoms with Gasteiger partial charge in [-0.2, -0.15) is 0 Å². The first-order valence-corrected chi connectivity index (χ1v) is 13.4. The molecule has 3 aromatic carbocycles. The van der Waals surface area contributed by atoms with Gasteiger partial charge >= 0.3 is 0 Å². The highest BCUT2D eigenvalue weighted by molar-refractivity contribution is 7.99. The van der Waals surface area contributed by atoms with Crippen LogP contribution in [0.5, 0.6) is 0 Å². The van der Waals surface area contributed by atoms with Crippen molar-refractivity contribution in [2.75, 3.05) is 5.75 Å². The van der Waals surface area contributed by atoms with Crippen LogP contribution in [0, 0.1) is 6.92 Å². The van der Waals surface area contributed by atoms with Gasteiger partial charge in [0.25, 0.3) is 0 Å². The minimum atomic E-state index is -0.611. The SMILES string of the molecule is Cc1ccc(CN(C(=O)CSCc2cccc(Cl)c2)[C@H](Cc2ccccc2)C(=O)NC(C)C)cc1. The molecule has 0 aromatic heterocycles. The zero-order chi connectivity index (χ0) is 25.2. The van der Waals surface area contributed by atoms with Gasteiger partial charge in [0.2, 0.25) is 11.8 Å². The van der Waals surface area contributed by atoms with Crippen LogP contribution < -0.4 is 5.32 Å². The summed E-state index contributed by atoms with van der Waals surface area (Å²) in [7, 11) is 0. The normalized spacial score (nSPS) is 11.8. The fraction of sp³-hybridized carbons (Fsp3) is 0.310. The third-order valence-electron chi connectivity index (χ3n) is 5.56. The molecule has 1 atom stereocenters. The Labute approximate surface area is 218 Å². The zero-order valence-electron chi connectivity index (χ0n) is 20.5. The molecule has 0 aliphatic rings. The first-order valence-electron chi connectivity index (χ1n) is 11.8. The van der Waals surface area contributed by atoms with Crippen LogP contribution in [0.3, 0.4) is 0 Å². The van der Waals surface area contributed by atoms with Crippen molar-refractivity contribution in [3.8, 4) is 0 Å². The number of rotatable bonds is 11. The average molecular weight is 509 g/mol. The quantitative estimate of drug-likeness (QED) is 0.343. The van der Waals surface area contributed by atoms with E-state index in [2.05, 4.69) is 5.32 Å². The molecule has 4 nitrogen and oxygen atoms in total. The minimum Gasteiger partial charge on any atom is -0.352 e. The number of carbonyl (C=O) groups is 2. The highest BCUT2D eigenvalue weighted by Gasteiger charge is 2.30. The Balaban J connectivity index is 1.84. The molecule has 184 valence electrons. The number of thioether (sulfide) groups is 1. The first kappa shape index (κ1) is 26.8. The molecule has 0 saturated carbocycles. The second kappa shape index (κ2) is 13.4. The molecule has 0 aliphatic heterocycles. The lowest BCUT2D eigenvalue weighted by Crippen LogP contribution is -2.52. The molecule has 0 radical (unpaired) electrons. The number of nitrogens with zero attached hydrogens (tertiary/aromatic N) is 1. The van der Waals surface area contributed by atoms with Crippen molar-refractivity contribution in [1.82, 2.24) is 10.2 Å². The Kier molecular flexibility index (Phi) is 10.2. The summed E-state index contributed by atoms with van der Waals surface area (Å²) in [6.07, 6.45) is 0.454. The van der Waals surface area contributed by atoms with Gasteiger partial charge < -0.3 is 10.2 Å². The Hall–Kier alpha value is -2.76. The van der Waals surface area contributed by atoms with Gasteiger partial charge in [-0.15, -0.1) is 11.8 Å². The van der Waals surface area contributed by atoms with E-state index in [-0.39, 0.29) is 23.6 Å². The van der Waals surface area contributed by atoms with Gasteiger partial charge in [0.05, 0.1) is 5.75 Å². The van der Waals surface area contributed by atoms with E-state index in [0.29, 0.717) is 23.7 Å². The van der Waals surface area contributed by atoms with E-state index in [0.717, 1.165) is 22.3 Å². The molecule has 3 rings (SSSR count). The first-order chi connectivity index (χ1) is 16.8. The Morgan fingerprint density at radius 2 is 1.60 bits per heavy atom. The Bertz CT molecular complexity index is 1100. The summed E-state index contributed by atoms with van der Waals surface area (Å²) in [5.41, 5.74) is 4.24. The summed E-state index contributed by atoms with van der Waals surface area (Å²) in [6, 6.07) is 25.0. The largest absolute Gasteiger partial charge is 0.352 e. The van der Waals surface area contributed by atoms with E-state index >= 15 is 0 Å². The fourth-order valence-corrected chi connectivity index (χ4v) is 4.86. The van der Waals surface area contributed by atoms with Gasteiger partial charge in [-0.25, -0.2) is 0 Å². The lowest BCUT2D eigenvalue weighted by molar-refractivity contribution is -0.139. The van der Waals surface area contributed by atoms with Crippen molar-refractivity contribution >= 4 is 35.2 Å². The van der Waals surface area contributed by atoms with Crippen LogP contribution in [0.2, 0.25) is 5.02 Å². The van der Waals surface area contributed by atoms with Crippen molar-refractivity contribution in [3.63, 3.8) is 0 Å². The minimum absolute atomic E-state index is 0.0192. The lowest BCUT2D eigenvalue weighted by Gasteiger charge is -2.32. The maximum absolute atomic E-state index is 13.6. The van der Waals surface area contributed by atoms with E-state index in [1.54, 1.807) is 4.90 Å². The van der Waals surface area contributed by atoms with Crippen molar-refractivity contribution in [3.05, 3.63) is 106 Å². The monoisotopic (exact) mass is 508 g/mol. The van der Waals surface area contributed by atoms with Gasteiger partial charge in [0.15, 0.2) is 0 Å². The Morgan fingerprint density at radius 3 is 2.26 bits per heavy atom. The molecule has 0 saturated heterocycles. The smallest absolute Gasteiger partial charge is 0.243 e. The third kappa shape index (κ3) is 8.75. The molecule has 6 heteroatoms. The van der Waals surface area contributed by atoms with Crippen LogP contribution in [-0.2, 0) is 28.3 Å². The fourth-order valence-electron chi connectivity index (χ4n) is 3.79. The highest BCUT2D eigenvalue weighted by atomic mass is 35.5. The van der Waals surface area contributed by atoms with Gasteiger partial charge in [-0.05, 0) is 49.6 Å². The molecular formula is C29H33ClN2O2S. The summed E-state index contributed by atoms with van der Waals surface area (Å²) in [5.74, 6) is 0.756. The van der Waals surface area contributed by atoms with Crippen LogP contribution in [-0.4, -0.2) is 34.6 Å². The van der Waals surface area contributed by atoms with Crippen molar-refractivity contribution in [2.45, 2.75) is 51.6 Å². The van der Waals surface area contributed by atoms with E-state index in [1.807, 2.05) is 99.6 Å². The van der Waals surface area contributed by atoms with Crippen LogP contribution >= 0.6 is 23.4 Å². The van der Waals surface area contributed by atoms with E-state index in [1.165, 1.54) is 11.8 Å². The average Bonchev–Trinajstić information content (AvgIpc) is 2.82. The second-order valence-corrected chi connectivity index (χ2v) is 10.4. The number of halogens is 1. The molecule has 0 heterocycles. The molecule has 0 fully saturated rings. The number of hydrogen-bond acceptors (Lipinski definition) is 3. The topological polar surface area (TPSA) is 49.4 Å². The zero-order valence-corrected chi connectivity index (χ0v) is 22.1. The molecule has 2 amide bonds. The van der Waals surface area contributed by atoms with Crippen molar-refractivity contribution in [1.29, 1.82) is 0 Å². The number of aryl methyl sites for hydroxylation is 1. The lowest BCUT2D eigenvalue weighted by atomic mass is 10.0. The van der Waals surface area contributed by atoms with Crippen LogP contribution in [0.1, 0.15) is 36.1 Å². The number of amides is 2. The highest BCUT2D eigenvalue weighted by Crippen LogP contribution is 2.20. The van der Waals surface area contributed by atoms with Crippen LogP contribution in [0.25, 0.3) is 0 Å². The molecular weight excluding hydrogens is 476 g/mol. The standard InChI is InChI=1S/C29H33ClN2O2S/c1-21(2)31-29(34)27(17-23-8-5-4-6-9-23)32(18-24-14-12-22(3)13-15-24)28(33)20-35-19-25-10-7-11-26(30)16-25/h4-16,21,27H,17-20H2,1-3H3,(H,31,34)/t27-/m1/s1. The maximum Gasteiger partial charge on any atom is 0.243 e. The van der Waals surface area contributed by atoms with Gasteiger partial charge in [0.1, 0.15) is 6.04 Å². The van der Waals surface area contributed by atoms with Crippen molar-refractivity contribution in [2.24, 2.45) is 0 Å². The van der Waals surface area contributed by atoms with Crippen molar-refractivity contribution < 1.29 is 9.59 Å². The molecule has 35 heavy (non-hydrogen) atoms. The molecule has 0 spiro atoms. The number of benzene rings is 3. The summed E-state index contributed by atoms with van der Waals surface area (Å²) in [5, 5.41) is 3.71. The third-order valence-corrected chi connectivity index (χ3v) is 6.78. The predicted octanol–water partition coefficient (Wildman–Crippen LogP) is 6.05. The molecule has 3 aromatic rings. The maximum atomic E-state index is 13.6.